The molecule has 0 amide bonds. The molecule has 1 unspecified atom stereocenters. The zero-order chi connectivity index (χ0) is 23.5. The largest absolute Gasteiger partial charge is 0.493 e. The van der Waals surface area contributed by atoms with Gasteiger partial charge in [-0.3, -0.25) is 0 Å². The molecule has 2 heterocycles. The second-order valence-corrected chi connectivity index (χ2v) is 12.5. The zero-order valence-electron chi connectivity index (χ0n) is 21.3. The average molecular weight is 444 g/mol. The van der Waals surface area contributed by atoms with Gasteiger partial charge in [-0.2, -0.15) is 0 Å². The molecule has 4 aliphatic rings. The average Bonchev–Trinajstić information content (AvgIpc) is 3.08. The van der Waals surface area contributed by atoms with Crippen LogP contribution in [0.3, 0.4) is 0 Å². The second kappa shape index (κ2) is 6.43. The van der Waals surface area contributed by atoms with Crippen LogP contribution in [0.5, 0.6) is 11.5 Å². The predicted molar refractivity (Wildman–Crippen MR) is 126 cm³/mol. The van der Waals surface area contributed by atoms with Crippen molar-refractivity contribution in [2.75, 3.05) is 27.8 Å². The van der Waals surface area contributed by atoms with Crippen LogP contribution >= 0.6 is 0 Å². The maximum Gasteiger partial charge on any atom is 0.165 e. The maximum atomic E-state index is 12.1. The normalized spacial score (nSPS) is 42.1. The molecule has 32 heavy (non-hydrogen) atoms. The van der Waals surface area contributed by atoms with E-state index in [1.54, 1.807) is 14.2 Å². The molecular formula is C27H41NO4. The van der Waals surface area contributed by atoms with Gasteiger partial charge < -0.3 is 24.2 Å². The van der Waals surface area contributed by atoms with Crippen LogP contribution in [-0.4, -0.2) is 61.2 Å². The SMILES string of the molecule is COc1ccc2c3c1O[C@@H]1[C@]34CCN(C)[C@H](C2)[C@@]4(C)CC([C@](C)(O)C(C)(C)C)[C@@]1(C)OC. The molecule has 1 aromatic rings. The Hall–Kier alpha value is -1.30. The highest BCUT2D eigenvalue weighted by Gasteiger charge is 2.77. The highest BCUT2D eigenvalue weighted by Crippen LogP contribution is 2.73. The van der Waals surface area contributed by atoms with E-state index in [-0.39, 0.29) is 28.3 Å². The summed E-state index contributed by atoms with van der Waals surface area (Å²) in [6, 6.07) is 4.71. The van der Waals surface area contributed by atoms with Gasteiger partial charge in [0.15, 0.2) is 11.5 Å². The standard InChI is InChI=1S/C27H41NO4/c1-23(2,3)26(6,29)18-15-24(4)19-14-16-10-11-17(30-8)21-20(16)27(24,12-13-28(19)7)22(32-21)25(18,5)31-9/h10-11,18-19,22,29H,12-15H2,1-9H3/t18?,19-,22+,24-,25-,26+,27+/m1/s1. The molecule has 2 aliphatic heterocycles. The summed E-state index contributed by atoms with van der Waals surface area (Å²) >= 11 is 0. The lowest BCUT2D eigenvalue weighted by Crippen LogP contribution is -2.78. The highest BCUT2D eigenvalue weighted by molar-refractivity contribution is 5.62. The maximum absolute atomic E-state index is 12.1. The first kappa shape index (κ1) is 22.5. The smallest absolute Gasteiger partial charge is 0.165 e. The molecule has 0 radical (unpaired) electrons. The van der Waals surface area contributed by atoms with Crippen LogP contribution in [0.15, 0.2) is 12.1 Å². The molecule has 0 aromatic heterocycles. The van der Waals surface area contributed by atoms with Gasteiger partial charge in [-0.25, -0.2) is 0 Å². The first-order chi connectivity index (χ1) is 14.8. The number of aliphatic hydroxyl groups is 1. The van der Waals surface area contributed by atoms with E-state index in [4.69, 9.17) is 14.2 Å². The first-order valence-corrected chi connectivity index (χ1v) is 12.1. The minimum absolute atomic E-state index is 0.0484. The van der Waals surface area contributed by atoms with Gasteiger partial charge in [0.25, 0.3) is 0 Å². The lowest BCUT2D eigenvalue weighted by atomic mass is 9.38. The van der Waals surface area contributed by atoms with Crippen molar-refractivity contribution < 1.29 is 19.3 Å². The summed E-state index contributed by atoms with van der Waals surface area (Å²) in [6.45, 7) is 14.1. The van der Waals surface area contributed by atoms with E-state index in [1.165, 1.54) is 11.1 Å². The molecule has 1 saturated heterocycles. The summed E-state index contributed by atoms with van der Waals surface area (Å²) in [5, 5.41) is 12.1. The van der Waals surface area contributed by atoms with Gasteiger partial charge in [0, 0.05) is 30.0 Å². The van der Waals surface area contributed by atoms with Crippen LogP contribution in [0.2, 0.25) is 0 Å². The van der Waals surface area contributed by atoms with Crippen molar-refractivity contribution in [3.8, 4) is 11.5 Å². The van der Waals surface area contributed by atoms with Crippen molar-refractivity contribution >= 4 is 0 Å². The highest BCUT2D eigenvalue weighted by atomic mass is 16.6. The molecule has 1 saturated carbocycles. The lowest BCUT2D eigenvalue weighted by Gasteiger charge is -2.70. The van der Waals surface area contributed by atoms with Gasteiger partial charge in [0.2, 0.25) is 0 Å². The third-order valence-corrected chi connectivity index (χ3v) is 10.6. The summed E-state index contributed by atoms with van der Waals surface area (Å²) in [4.78, 5) is 2.55. The van der Waals surface area contributed by atoms with E-state index in [0.717, 1.165) is 37.3 Å². The Balaban J connectivity index is 1.81. The molecule has 178 valence electrons. The monoisotopic (exact) mass is 443 g/mol. The Labute approximate surface area is 193 Å². The molecule has 5 heteroatoms. The van der Waals surface area contributed by atoms with Crippen LogP contribution in [-0.2, 0) is 16.6 Å². The van der Waals surface area contributed by atoms with Crippen molar-refractivity contribution in [2.45, 2.75) is 89.6 Å². The van der Waals surface area contributed by atoms with Crippen LogP contribution in [0.1, 0.15) is 65.5 Å². The minimum atomic E-state index is -0.933. The van der Waals surface area contributed by atoms with E-state index in [0.29, 0.717) is 6.04 Å². The Kier molecular flexibility index (Phi) is 4.52. The van der Waals surface area contributed by atoms with Crippen LogP contribution < -0.4 is 9.47 Å². The fourth-order valence-electron chi connectivity index (χ4n) is 8.16. The summed E-state index contributed by atoms with van der Waals surface area (Å²) in [6.07, 6.45) is 2.74. The zero-order valence-corrected chi connectivity index (χ0v) is 21.3. The molecule has 5 nitrogen and oxygen atoms in total. The van der Waals surface area contributed by atoms with Gasteiger partial charge in [0.1, 0.15) is 11.7 Å². The molecule has 1 spiro atoms. The van der Waals surface area contributed by atoms with Gasteiger partial charge in [0.05, 0.1) is 12.7 Å². The van der Waals surface area contributed by atoms with Crippen molar-refractivity contribution in [1.82, 2.24) is 4.90 Å². The van der Waals surface area contributed by atoms with Gasteiger partial charge in [-0.15, -0.1) is 0 Å². The number of nitrogens with zero attached hydrogens (tertiary/aromatic N) is 1. The van der Waals surface area contributed by atoms with E-state index >= 15 is 0 Å². The minimum Gasteiger partial charge on any atom is -0.493 e. The summed E-state index contributed by atoms with van der Waals surface area (Å²) in [7, 11) is 5.79. The molecule has 5 rings (SSSR count). The van der Waals surface area contributed by atoms with Crippen molar-refractivity contribution in [1.29, 1.82) is 0 Å². The lowest BCUT2D eigenvalue weighted by molar-refractivity contribution is -0.269. The third kappa shape index (κ3) is 2.31. The quantitative estimate of drug-likeness (QED) is 0.759. The summed E-state index contributed by atoms with van der Waals surface area (Å²) in [5.41, 5.74) is 0.655. The number of piperidine rings is 1. The van der Waals surface area contributed by atoms with E-state index < -0.39 is 11.2 Å². The van der Waals surface area contributed by atoms with Gasteiger partial charge in [-0.05, 0) is 69.2 Å². The Morgan fingerprint density at radius 1 is 1.16 bits per heavy atom. The molecule has 2 bridgehead atoms. The molecular weight excluding hydrogens is 402 g/mol. The van der Waals surface area contributed by atoms with Crippen LogP contribution in [0.25, 0.3) is 0 Å². The summed E-state index contributed by atoms with van der Waals surface area (Å²) < 4.78 is 19.2. The first-order valence-electron chi connectivity index (χ1n) is 12.1. The molecule has 1 aromatic carbocycles. The number of benzene rings is 1. The number of likely N-dealkylation sites (N-methyl/N-ethyl adjacent to an activating group) is 1. The molecule has 7 atom stereocenters. The molecule has 2 fully saturated rings. The number of hydrogen-bond acceptors (Lipinski definition) is 5. The fraction of sp³-hybridized carbons (Fsp3) is 0.778. The number of methoxy groups -OCH3 is 2. The predicted octanol–water partition coefficient (Wildman–Crippen LogP) is 4.18. The second-order valence-electron chi connectivity index (χ2n) is 12.5. The van der Waals surface area contributed by atoms with Gasteiger partial charge >= 0.3 is 0 Å². The van der Waals surface area contributed by atoms with Crippen molar-refractivity contribution in [3.63, 3.8) is 0 Å². The Morgan fingerprint density at radius 3 is 2.44 bits per heavy atom. The topological polar surface area (TPSA) is 51.2 Å². The number of likely N-dealkylation sites (tertiary alicyclic amines) is 1. The Bertz CT molecular complexity index is 952. The van der Waals surface area contributed by atoms with Crippen molar-refractivity contribution in [2.24, 2.45) is 16.7 Å². The Morgan fingerprint density at radius 2 is 1.84 bits per heavy atom. The number of hydrogen-bond donors (Lipinski definition) is 1. The fourth-order valence-corrected chi connectivity index (χ4v) is 8.16. The van der Waals surface area contributed by atoms with E-state index in [9.17, 15) is 5.11 Å². The van der Waals surface area contributed by atoms with Gasteiger partial charge in [-0.1, -0.05) is 33.8 Å². The van der Waals surface area contributed by atoms with E-state index in [2.05, 4.69) is 58.7 Å². The molecule has 2 aliphatic carbocycles. The summed E-state index contributed by atoms with van der Waals surface area (Å²) in [5.74, 6) is 1.63. The third-order valence-electron chi connectivity index (χ3n) is 10.6. The van der Waals surface area contributed by atoms with Crippen molar-refractivity contribution in [3.05, 3.63) is 23.3 Å². The number of rotatable bonds is 3. The van der Waals surface area contributed by atoms with E-state index in [1.807, 2.05) is 6.92 Å². The number of ether oxygens (including phenoxy) is 3. The van der Waals surface area contributed by atoms with Crippen LogP contribution in [0.4, 0.5) is 0 Å². The molecule has 1 N–H and O–H groups in total. The van der Waals surface area contributed by atoms with Crippen LogP contribution in [0, 0.1) is 16.7 Å².